The van der Waals surface area contributed by atoms with Gasteiger partial charge in [0.2, 0.25) is 11.9 Å². The number of nitrogens with two attached hydrogens (primary N) is 1. The van der Waals surface area contributed by atoms with Crippen LogP contribution in [0.15, 0.2) is 47.6 Å². The number of fused-ring (bicyclic) bond motifs is 1. The van der Waals surface area contributed by atoms with E-state index in [4.69, 9.17) is 5.73 Å². The van der Waals surface area contributed by atoms with Crippen molar-refractivity contribution >= 4 is 40.1 Å². The second-order valence-corrected chi connectivity index (χ2v) is 6.78. The molecule has 24 heavy (non-hydrogen) atoms. The van der Waals surface area contributed by atoms with Gasteiger partial charge in [0.1, 0.15) is 0 Å². The van der Waals surface area contributed by atoms with E-state index in [2.05, 4.69) is 15.5 Å². The van der Waals surface area contributed by atoms with Gasteiger partial charge in [-0.15, -0.1) is 10.2 Å². The van der Waals surface area contributed by atoms with Crippen LogP contribution in [0.2, 0.25) is 0 Å². The van der Waals surface area contributed by atoms with E-state index in [0.717, 1.165) is 29.3 Å². The van der Waals surface area contributed by atoms with Gasteiger partial charge < -0.3 is 11.1 Å². The highest BCUT2D eigenvalue weighted by Gasteiger charge is 2.29. The van der Waals surface area contributed by atoms with E-state index in [-0.39, 0.29) is 11.7 Å². The second-order valence-electron chi connectivity index (χ2n) is 5.84. The van der Waals surface area contributed by atoms with Gasteiger partial charge in [0, 0.05) is 11.7 Å². The number of thioether (sulfide) groups is 1. The Morgan fingerprint density at radius 3 is 2.79 bits per heavy atom. The van der Waals surface area contributed by atoms with Crippen LogP contribution in [-0.2, 0) is 4.79 Å². The van der Waals surface area contributed by atoms with Crippen molar-refractivity contribution in [3.8, 4) is 0 Å². The molecule has 1 saturated carbocycles. The molecular weight excluding hydrogens is 322 g/mol. The van der Waals surface area contributed by atoms with Crippen LogP contribution in [-0.4, -0.2) is 26.4 Å². The summed E-state index contributed by atoms with van der Waals surface area (Å²) in [5.41, 5.74) is 6.63. The van der Waals surface area contributed by atoms with E-state index in [0.29, 0.717) is 17.1 Å². The summed E-state index contributed by atoms with van der Waals surface area (Å²) >= 11 is 1.36. The van der Waals surface area contributed by atoms with Gasteiger partial charge in [-0.2, -0.15) is 0 Å². The average Bonchev–Trinajstić information content (AvgIpc) is 3.36. The smallest absolute Gasteiger partial charge is 0.234 e. The van der Waals surface area contributed by atoms with Crippen molar-refractivity contribution < 1.29 is 4.79 Å². The number of carbonyl (C=O) groups is 1. The zero-order chi connectivity index (χ0) is 16.5. The third-order valence-electron chi connectivity index (χ3n) is 3.97. The third-order valence-corrected chi connectivity index (χ3v) is 4.91. The fourth-order valence-electron chi connectivity index (χ4n) is 2.66. The summed E-state index contributed by atoms with van der Waals surface area (Å²) in [6.45, 7) is 0. The van der Waals surface area contributed by atoms with Gasteiger partial charge in [-0.3, -0.25) is 9.36 Å². The fraction of sp³-hybridized carbons (Fsp3) is 0.235. The Hall–Kier alpha value is -2.54. The number of nitrogens with one attached hydrogen (secondary N) is 1. The summed E-state index contributed by atoms with van der Waals surface area (Å²) in [5, 5.41) is 13.9. The van der Waals surface area contributed by atoms with Crippen molar-refractivity contribution in [2.24, 2.45) is 0 Å². The van der Waals surface area contributed by atoms with Gasteiger partial charge >= 0.3 is 0 Å². The predicted octanol–water partition coefficient (Wildman–Crippen LogP) is 3.08. The highest BCUT2D eigenvalue weighted by atomic mass is 32.2. The average molecular weight is 339 g/mol. The lowest BCUT2D eigenvalue weighted by Gasteiger charge is -2.08. The Balaban J connectivity index is 1.41. The number of nitrogens with zero attached hydrogens (tertiary/aromatic N) is 3. The van der Waals surface area contributed by atoms with E-state index < -0.39 is 0 Å². The molecule has 0 unspecified atom stereocenters. The number of hydrogen-bond acceptors (Lipinski definition) is 5. The van der Waals surface area contributed by atoms with E-state index in [9.17, 15) is 4.79 Å². The van der Waals surface area contributed by atoms with Crippen LogP contribution in [0.25, 0.3) is 10.8 Å². The topological polar surface area (TPSA) is 85.8 Å². The van der Waals surface area contributed by atoms with Crippen LogP contribution in [0.5, 0.6) is 0 Å². The minimum absolute atomic E-state index is 0.0702. The SMILES string of the molecule is Nc1nnc(SCC(=O)Nc2ccc3ccccc3c2)n1C1CC1. The maximum atomic E-state index is 12.2. The summed E-state index contributed by atoms with van der Waals surface area (Å²) in [6.07, 6.45) is 2.19. The van der Waals surface area contributed by atoms with Crippen LogP contribution in [0, 0.1) is 0 Å². The van der Waals surface area contributed by atoms with Crippen molar-refractivity contribution in [2.75, 3.05) is 16.8 Å². The Labute approximate surface area is 143 Å². The summed E-state index contributed by atoms with van der Waals surface area (Å²) in [4.78, 5) is 12.2. The Kier molecular flexibility index (Phi) is 3.86. The lowest BCUT2D eigenvalue weighted by Crippen LogP contribution is -2.14. The highest BCUT2D eigenvalue weighted by molar-refractivity contribution is 7.99. The molecule has 0 bridgehead atoms. The molecule has 6 nitrogen and oxygen atoms in total. The number of carbonyl (C=O) groups excluding carboxylic acids is 1. The first kappa shape index (κ1) is 15.0. The van der Waals surface area contributed by atoms with Gasteiger partial charge in [0.15, 0.2) is 5.16 Å². The number of rotatable bonds is 5. The van der Waals surface area contributed by atoms with E-state index >= 15 is 0 Å². The van der Waals surface area contributed by atoms with Crippen molar-refractivity contribution in [1.29, 1.82) is 0 Å². The molecule has 0 radical (unpaired) electrons. The quantitative estimate of drug-likeness (QED) is 0.698. The molecule has 1 aliphatic carbocycles. The first-order chi connectivity index (χ1) is 11.7. The molecule has 1 aliphatic rings. The van der Waals surface area contributed by atoms with Gasteiger partial charge in [-0.05, 0) is 35.7 Å². The van der Waals surface area contributed by atoms with Crippen LogP contribution >= 0.6 is 11.8 Å². The molecule has 3 aromatic rings. The number of benzene rings is 2. The predicted molar refractivity (Wildman–Crippen MR) is 96.0 cm³/mol. The number of aromatic nitrogens is 3. The molecule has 0 saturated heterocycles. The van der Waals surface area contributed by atoms with Gasteiger partial charge in [0.25, 0.3) is 0 Å². The van der Waals surface area contributed by atoms with Crippen molar-refractivity contribution in [2.45, 2.75) is 24.0 Å². The second kappa shape index (κ2) is 6.16. The zero-order valence-electron chi connectivity index (χ0n) is 13.0. The highest BCUT2D eigenvalue weighted by Crippen LogP contribution is 2.39. The van der Waals surface area contributed by atoms with E-state index in [1.807, 2.05) is 47.0 Å². The molecule has 7 heteroatoms. The molecule has 4 rings (SSSR count). The molecule has 1 heterocycles. The van der Waals surface area contributed by atoms with Crippen LogP contribution in [0.3, 0.4) is 0 Å². The standard InChI is InChI=1S/C17H17N5OS/c18-16-20-21-17(22(16)14-7-8-14)24-10-15(23)19-13-6-5-11-3-1-2-4-12(11)9-13/h1-6,9,14H,7-8,10H2,(H2,18,20)(H,19,23). The molecule has 3 N–H and O–H groups in total. The summed E-state index contributed by atoms with van der Waals surface area (Å²) < 4.78 is 1.92. The number of amides is 1. The van der Waals surface area contributed by atoms with E-state index in [1.165, 1.54) is 11.8 Å². The number of anilines is 2. The molecule has 0 atom stereocenters. The summed E-state index contributed by atoms with van der Waals surface area (Å²) in [5.74, 6) is 0.631. The van der Waals surface area contributed by atoms with Crippen LogP contribution in [0.1, 0.15) is 18.9 Å². The monoisotopic (exact) mass is 339 g/mol. The number of hydrogen-bond donors (Lipinski definition) is 2. The molecule has 1 amide bonds. The summed E-state index contributed by atoms with van der Waals surface area (Å²) in [6, 6.07) is 14.3. The third kappa shape index (κ3) is 3.07. The largest absolute Gasteiger partial charge is 0.368 e. The lowest BCUT2D eigenvalue weighted by atomic mass is 10.1. The molecule has 1 fully saturated rings. The van der Waals surface area contributed by atoms with Crippen molar-refractivity contribution in [3.05, 3.63) is 42.5 Å². The first-order valence-corrected chi connectivity index (χ1v) is 8.81. The Bertz CT molecular complexity index is 903. The Morgan fingerprint density at radius 2 is 2.00 bits per heavy atom. The molecular formula is C17H17N5OS. The van der Waals surface area contributed by atoms with Crippen LogP contribution < -0.4 is 11.1 Å². The Morgan fingerprint density at radius 1 is 1.21 bits per heavy atom. The van der Waals surface area contributed by atoms with Gasteiger partial charge in [0.05, 0.1) is 5.75 Å². The zero-order valence-corrected chi connectivity index (χ0v) is 13.8. The van der Waals surface area contributed by atoms with Gasteiger partial charge in [-0.1, -0.05) is 42.1 Å². The van der Waals surface area contributed by atoms with Crippen molar-refractivity contribution in [3.63, 3.8) is 0 Å². The fourth-order valence-corrected chi connectivity index (χ4v) is 3.47. The minimum Gasteiger partial charge on any atom is -0.368 e. The normalized spacial score (nSPS) is 14.0. The van der Waals surface area contributed by atoms with Crippen molar-refractivity contribution in [1.82, 2.24) is 14.8 Å². The molecule has 122 valence electrons. The van der Waals surface area contributed by atoms with Gasteiger partial charge in [-0.25, -0.2) is 0 Å². The molecule has 1 aromatic heterocycles. The van der Waals surface area contributed by atoms with E-state index in [1.54, 1.807) is 0 Å². The maximum absolute atomic E-state index is 12.2. The first-order valence-electron chi connectivity index (χ1n) is 7.82. The lowest BCUT2D eigenvalue weighted by molar-refractivity contribution is -0.113. The maximum Gasteiger partial charge on any atom is 0.234 e. The molecule has 0 spiro atoms. The minimum atomic E-state index is -0.0702. The molecule has 0 aliphatic heterocycles. The molecule has 2 aromatic carbocycles. The summed E-state index contributed by atoms with van der Waals surface area (Å²) in [7, 11) is 0. The van der Waals surface area contributed by atoms with Crippen LogP contribution in [0.4, 0.5) is 11.6 Å². The number of nitrogen functional groups attached to an aromatic ring is 1.